The minimum Gasteiger partial charge on any atom is -0.326 e. The third-order valence-corrected chi connectivity index (χ3v) is 7.02. The Morgan fingerprint density at radius 2 is 2.03 bits per heavy atom. The third kappa shape index (κ3) is 3.56. The molecule has 1 saturated heterocycles. The van der Waals surface area contributed by atoms with Gasteiger partial charge in [0.05, 0.1) is 37.8 Å². The van der Waals surface area contributed by atoms with E-state index in [4.69, 9.17) is 4.98 Å². The molecule has 1 aliphatic carbocycles. The monoisotopic (exact) mass is 411 g/mol. The van der Waals surface area contributed by atoms with Crippen molar-refractivity contribution in [2.45, 2.75) is 32.2 Å². The Morgan fingerprint density at radius 1 is 1.21 bits per heavy atom. The van der Waals surface area contributed by atoms with Crippen molar-refractivity contribution >= 4 is 27.5 Å². The average Bonchev–Trinajstić information content (AvgIpc) is 3.13. The summed E-state index contributed by atoms with van der Waals surface area (Å²) < 4.78 is 0. The zero-order chi connectivity index (χ0) is 19.8. The van der Waals surface area contributed by atoms with Crippen LogP contribution in [-0.4, -0.2) is 56.9 Å². The molecule has 0 unspecified atom stereocenters. The average molecular weight is 412 g/mol. The van der Waals surface area contributed by atoms with Crippen molar-refractivity contribution in [2.24, 2.45) is 0 Å². The molecule has 8 nitrogen and oxygen atoms in total. The van der Waals surface area contributed by atoms with Gasteiger partial charge in [0, 0.05) is 17.3 Å². The molecule has 1 fully saturated rings. The Labute approximate surface area is 171 Å². The lowest BCUT2D eigenvalue weighted by Gasteiger charge is -2.31. The van der Waals surface area contributed by atoms with Gasteiger partial charge >= 0.3 is 0 Å². The van der Waals surface area contributed by atoms with Crippen molar-refractivity contribution in [3.8, 4) is 0 Å². The predicted molar refractivity (Wildman–Crippen MR) is 109 cm³/mol. The number of carbonyl (C=O) groups excluding carboxylic acids is 1. The van der Waals surface area contributed by atoms with E-state index in [0.29, 0.717) is 25.3 Å². The van der Waals surface area contributed by atoms with Gasteiger partial charge in [-0.1, -0.05) is 0 Å². The van der Waals surface area contributed by atoms with Crippen LogP contribution in [0.25, 0.3) is 10.2 Å². The standard InChI is InChI=1S/C20H22N6O2S/c27-18-17-13-3-1-2-4-15(13)29-19(17)24-16(23-18)12-25-7-9-26(10-8-25)20(28)14-11-21-5-6-22-14/h5-6,11H,1-4,7-10,12H2,(H,23,24,27)/p+1. The van der Waals surface area contributed by atoms with Crippen molar-refractivity contribution in [1.82, 2.24) is 24.8 Å². The van der Waals surface area contributed by atoms with Gasteiger partial charge in [-0.2, -0.15) is 0 Å². The summed E-state index contributed by atoms with van der Waals surface area (Å²) in [4.78, 5) is 46.4. The molecule has 0 spiro atoms. The first kappa shape index (κ1) is 18.4. The highest BCUT2D eigenvalue weighted by molar-refractivity contribution is 7.18. The molecule has 4 heterocycles. The van der Waals surface area contributed by atoms with Crippen LogP contribution in [0, 0.1) is 0 Å². The number of fused-ring (bicyclic) bond motifs is 3. The molecular formula is C20H23N6O2S+. The largest absolute Gasteiger partial charge is 0.326 e. The predicted octanol–water partition coefficient (Wildman–Crippen LogP) is 0.194. The first-order chi connectivity index (χ1) is 14.2. The number of nitrogens with zero attached hydrogens (tertiary/aromatic N) is 4. The highest BCUT2D eigenvalue weighted by atomic mass is 32.1. The van der Waals surface area contributed by atoms with E-state index in [9.17, 15) is 9.59 Å². The van der Waals surface area contributed by atoms with E-state index in [1.807, 2.05) is 4.90 Å². The van der Waals surface area contributed by atoms with Crippen LogP contribution >= 0.6 is 11.3 Å². The van der Waals surface area contributed by atoms with Crippen LogP contribution in [0.1, 0.15) is 39.6 Å². The summed E-state index contributed by atoms with van der Waals surface area (Å²) >= 11 is 1.69. The minimum absolute atomic E-state index is 0.000246. The van der Waals surface area contributed by atoms with Crippen LogP contribution in [0.15, 0.2) is 23.4 Å². The summed E-state index contributed by atoms with van der Waals surface area (Å²) in [5, 5.41) is 0.808. The minimum atomic E-state index is -0.0748. The van der Waals surface area contributed by atoms with E-state index < -0.39 is 0 Å². The van der Waals surface area contributed by atoms with E-state index in [0.717, 1.165) is 48.4 Å². The Morgan fingerprint density at radius 3 is 2.83 bits per heavy atom. The van der Waals surface area contributed by atoms with Gasteiger partial charge in [0.1, 0.15) is 17.1 Å². The van der Waals surface area contributed by atoms with Crippen LogP contribution in [-0.2, 0) is 19.4 Å². The number of rotatable bonds is 3. The maximum atomic E-state index is 12.7. The quantitative estimate of drug-likeness (QED) is 0.642. The molecule has 9 heteroatoms. The normalized spacial score (nSPS) is 17.4. The summed E-state index contributed by atoms with van der Waals surface area (Å²) in [6.07, 6.45) is 9.02. The van der Waals surface area contributed by atoms with E-state index in [1.54, 1.807) is 17.5 Å². The fourth-order valence-electron chi connectivity index (χ4n) is 4.30. The van der Waals surface area contributed by atoms with Crippen molar-refractivity contribution < 1.29 is 9.69 Å². The molecule has 0 radical (unpaired) electrons. The Bertz CT molecular complexity index is 1100. The second kappa shape index (κ2) is 7.64. The van der Waals surface area contributed by atoms with Gasteiger partial charge in [-0.15, -0.1) is 11.3 Å². The van der Waals surface area contributed by atoms with Crippen molar-refractivity contribution in [1.29, 1.82) is 0 Å². The van der Waals surface area contributed by atoms with E-state index >= 15 is 0 Å². The van der Waals surface area contributed by atoms with E-state index in [1.165, 1.54) is 34.2 Å². The molecule has 150 valence electrons. The van der Waals surface area contributed by atoms with E-state index in [-0.39, 0.29) is 11.5 Å². The van der Waals surface area contributed by atoms with Gasteiger partial charge in [-0.05, 0) is 31.2 Å². The molecule has 1 amide bonds. The van der Waals surface area contributed by atoms with Crippen LogP contribution in [0.4, 0.5) is 0 Å². The fourth-order valence-corrected chi connectivity index (χ4v) is 5.58. The highest BCUT2D eigenvalue weighted by Crippen LogP contribution is 2.33. The molecule has 3 aromatic rings. The summed E-state index contributed by atoms with van der Waals surface area (Å²) in [6, 6.07) is 0. The Kier molecular flexibility index (Phi) is 4.84. The molecule has 29 heavy (non-hydrogen) atoms. The fraction of sp³-hybridized carbons (Fsp3) is 0.450. The number of H-pyrrole nitrogens is 1. The van der Waals surface area contributed by atoms with Crippen molar-refractivity contribution in [2.75, 3.05) is 26.2 Å². The lowest BCUT2D eigenvalue weighted by atomic mass is 9.97. The zero-order valence-electron chi connectivity index (χ0n) is 16.1. The SMILES string of the molecule is O=C(c1cnccn1)N1CC[NH+](Cc2nc3sc4c(c3c(=O)[nH]2)CCCC4)CC1. The van der Waals surface area contributed by atoms with Crippen LogP contribution in [0.2, 0.25) is 0 Å². The molecule has 1 aliphatic heterocycles. The molecule has 3 aromatic heterocycles. The van der Waals surface area contributed by atoms with Crippen molar-refractivity contribution in [3.63, 3.8) is 0 Å². The number of aromatic nitrogens is 4. The Hall–Kier alpha value is -2.65. The number of aryl methyl sites for hydroxylation is 2. The molecule has 5 rings (SSSR count). The third-order valence-electron chi connectivity index (χ3n) is 5.83. The second-order valence-electron chi connectivity index (χ2n) is 7.71. The number of nitrogens with one attached hydrogen (secondary N) is 2. The zero-order valence-corrected chi connectivity index (χ0v) is 16.9. The van der Waals surface area contributed by atoms with Gasteiger partial charge in [0.25, 0.3) is 11.5 Å². The van der Waals surface area contributed by atoms with Gasteiger partial charge in [-0.3, -0.25) is 14.6 Å². The Balaban J connectivity index is 1.28. The maximum Gasteiger partial charge on any atom is 0.274 e. The van der Waals surface area contributed by atoms with Gasteiger partial charge in [0.2, 0.25) is 0 Å². The molecule has 2 aliphatic rings. The van der Waals surface area contributed by atoms with Gasteiger partial charge < -0.3 is 14.8 Å². The molecule has 0 atom stereocenters. The molecule has 0 saturated carbocycles. The first-order valence-electron chi connectivity index (χ1n) is 10.1. The first-order valence-corrected chi connectivity index (χ1v) is 10.9. The molecule has 0 bridgehead atoms. The van der Waals surface area contributed by atoms with Crippen LogP contribution < -0.4 is 10.5 Å². The summed E-state index contributed by atoms with van der Waals surface area (Å²) in [6.45, 7) is 3.61. The van der Waals surface area contributed by atoms with Crippen LogP contribution in [0.3, 0.4) is 0 Å². The van der Waals surface area contributed by atoms with Crippen LogP contribution in [0.5, 0.6) is 0 Å². The molecule has 0 aromatic carbocycles. The lowest BCUT2D eigenvalue weighted by molar-refractivity contribution is -0.918. The number of quaternary nitrogens is 1. The van der Waals surface area contributed by atoms with Gasteiger partial charge in [-0.25, -0.2) is 9.97 Å². The second-order valence-corrected chi connectivity index (χ2v) is 8.80. The number of thiophene rings is 1. The van der Waals surface area contributed by atoms with Gasteiger partial charge in [0.15, 0.2) is 5.82 Å². The maximum absolute atomic E-state index is 12.7. The summed E-state index contributed by atoms with van der Waals surface area (Å²) in [5.41, 5.74) is 1.61. The number of hydrogen-bond donors (Lipinski definition) is 2. The number of amides is 1. The smallest absolute Gasteiger partial charge is 0.274 e. The lowest BCUT2D eigenvalue weighted by Crippen LogP contribution is -3.13. The van der Waals surface area contributed by atoms with E-state index in [2.05, 4.69) is 15.0 Å². The molecular weight excluding hydrogens is 388 g/mol. The highest BCUT2D eigenvalue weighted by Gasteiger charge is 2.26. The number of hydrogen-bond acceptors (Lipinski definition) is 6. The number of carbonyl (C=O) groups is 1. The van der Waals surface area contributed by atoms with Crippen molar-refractivity contribution in [3.05, 3.63) is 50.9 Å². The summed E-state index contributed by atoms with van der Waals surface area (Å²) in [5.74, 6) is 0.666. The number of piperazine rings is 1. The number of aromatic amines is 1. The topological polar surface area (TPSA) is 96.3 Å². The summed E-state index contributed by atoms with van der Waals surface area (Å²) in [7, 11) is 0. The molecule has 2 N–H and O–H groups in total.